The molecule has 0 fully saturated rings. The van der Waals surface area contributed by atoms with Gasteiger partial charge in [-0.05, 0) is 60.2 Å². The highest BCUT2D eigenvalue weighted by Crippen LogP contribution is 2.45. The Labute approximate surface area is 252 Å². The highest BCUT2D eigenvalue weighted by atomic mass is 35.5. The zero-order chi connectivity index (χ0) is 29.8. The lowest BCUT2D eigenvalue weighted by molar-refractivity contribution is 0.0734. The maximum Gasteiger partial charge on any atom is 0.343 e. The summed E-state index contributed by atoms with van der Waals surface area (Å²) in [5, 5.41) is 11.0. The molecular formula is C32H24Cl2N2O6. The molecule has 2 N–H and O–H groups in total. The summed E-state index contributed by atoms with van der Waals surface area (Å²) in [6.45, 7) is 0.195. The summed E-state index contributed by atoms with van der Waals surface area (Å²) < 4.78 is 28.1. The van der Waals surface area contributed by atoms with Crippen LogP contribution in [0.2, 0.25) is 10.0 Å². The Kier molecular flexibility index (Phi) is 8.43. The number of halogens is 2. The normalized spacial score (nSPS) is 13.8. The summed E-state index contributed by atoms with van der Waals surface area (Å²) in [4.78, 5) is 12.7. The first-order valence-corrected chi connectivity index (χ1v) is 13.4. The number of esters is 1. The van der Waals surface area contributed by atoms with Crippen molar-refractivity contribution in [3.8, 4) is 34.8 Å². The van der Waals surface area contributed by atoms with Gasteiger partial charge in [0.15, 0.2) is 11.5 Å². The number of nitriles is 1. The third-order valence-electron chi connectivity index (χ3n) is 6.65. The number of hydrogen-bond donors (Lipinski definition) is 1. The van der Waals surface area contributed by atoms with Gasteiger partial charge in [-0.25, -0.2) is 4.79 Å². The fraction of sp³-hybridized carbons (Fsp3) is 0.125. The van der Waals surface area contributed by atoms with Crippen LogP contribution in [-0.2, 0) is 6.61 Å². The van der Waals surface area contributed by atoms with Crippen LogP contribution in [0.3, 0.4) is 0 Å². The maximum atomic E-state index is 12.7. The molecule has 1 aliphatic heterocycles. The van der Waals surface area contributed by atoms with E-state index in [0.29, 0.717) is 44.2 Å². The van der Waals surface area contributed by atoms with Gasteiger partial charge in [-0.2, -0.15) is 5.26 Å². The maximum absolute atomic E-state index is 12.7. The van der Waals surface area contributed by atoms with E-state index in [4.69, 9.17) is 52.6 Å². The Hall–Kier alpha value is -4.84. The number of allylic oxidation sites excluding steroid dienone is 1. The molecule has 212 valence electrons. The van der Waals surface area contributed by atoms with Gasteiger partial charge in [0.25, 0.3) is 0 Å². The van der Waals surface area contributed by atoms with Gasteiger partial charge in [0, 0.05) is 27.2 Å². The Morgan fingerprint density at radius 1 is 0.929 bits per heavy atom. The predicted molar refractivity (Wildman–Crippen MR) is 157 cm³/mol. The van der Waals surface area contributed by atoms with E-state index in [9.17, 15) is 10.1 Å². The quantitative estimate of drug-likeness (QED) is 0.169. The molecule has 4 aromatic carbocycles. The lowest BCUT2D eigenvalue weighted by Gasteiger charge is -2.27. The number of carbonyl (C=O) groups is 1. The van der Waals surface area contributed by atoms with Crippen LogP contribution in [0.1, 0.15) is 33.0 Å². The van der Waals surface area contributed by atoms with Gasteiger partial charge in [0.1, 0.15) is 35.5 Å². The van der Waals surface area contributed by atoms with E-state index in [1.165, 1.54) is 7.11 Å². The molecule has 1 atom stereocenters. The summed E-state index contributed by atoms with van der Waals surface area (Å²) in [5.74, 6) is 0.993. The molecule has 42 heavy (non-hydrogen) atoms. The molecule has 0 saturated heterocycles. The number of ether oxygens (including phenoxy) is 5. The van der Waals surface area contributed by atoms with Crippen molar-refractivity contribution in [1.82, 2.24) is 0 Å². The standard InChI is InChI=1S/C32H24Cl2N2O6/c1-38-22-8-4-18(5-9-22)32(37)41-23-10-11-24-28(15-23)42-31(36)25(16-35)30(24)19-6-12-27(29(13-19)39-2)40-17-20-3-7-21(33)14-26(20)34/h3-15,30H,17,36H2,1-2H3. The Morgan fingerprint density at radius 3 is 2.38 bits per heavy atom. The van der Waals surface area contributed by atoms with E-state index >= 15 is 0 Å². The van der Waals surface area contributed by atoms with Crippen LogP contribution >= 0.6 is 23.2 Å². The zero-order valence-corrected chi connectivity index (χ0v) is 24.0. The van der Waals surface area contributed by atoms with Gasteiger partial charge in [-0.15, -0.1) is 0 Å². The lowest BCUT2D eigenvalue weighted by atomic mass is 9.83. The third-order valence-corrected chi connectivity index (χ3v) is 7.23. The molecule has 4 aromatic rings. The largest absolute Gasteiger partial charge is 0.497 e. The predicted octanol–water partition coefficient (Wildman–Crippen LogP) is 7.03. The van der Waals surface area contributed by atoms with E-state index in [-0.39, 0.29) is 23.8 Å². The van der Waals surface area contributed by atoms with Gasteiger partial charge in [-0.3, -0.25) is 0 Å². The van der Waals surface area contributed by atoms with Gasteiger partial charge >= 0.3 is 5.97 Å². The van der Waals surface area contributed by atoms with Crippen molar-refractivity contribution in [2.24, 2.45) is 5.73 Å². The summed E-state index contributed by atoms with van der Waals surface area (Å²) >= 11 is 12.3. The fourth-order valence-electron chi connectivity index (χ4n) is 4.51. The van der Waals surface area contributed by atoms with E-state index in [1.807, 2.05) is 6.07 Å². The SMILES string of the molecule is COc1ccc(C(=O)Oc2ccc3c(c2)OC(N)=C(C#N)C3c2ccc(OCc3ccc(Cl)cc3Cl)c(OC)c2)cc1. The second kappa shape index (κ2) is 12.4. The molecule has 1 unspecified atom stereocenters. The molecule has 0 aliphatic carbocycles. The molecule has 0 saturated carbocycles. The molecule has 10 heteroatoms. The fourth-order valence-corrected chi connectivity index (χ4v) is 4.98. The van der Waals surface area contributed by atoms with Crippen molar-refractivity contribution in [3.05, 3.63) is 123 Å². The van der Waals surface area contributed by atoms with Gasteiger partial charge in [-0.1, -0.05) is 41.4 Å². The smallest absolute Gasteiger partial charge is 0.343 e. The van der Waals surface area contributed by atoms with Crippen LogP contribution in [0.4, 0.5) is 0 Å². The average Bonchev–Trinajstić information content (AvgIpc) is 3.00. The molecule has 0 radical (unpaired) electrons. The van der Waals surface area contributed by atoms with Crippen molar-refractivity contribution in [2.45, 2.75) is 12.5 Å². The first kappa shape index (κ1) is 28.7. The molecule has 1 aliphatic rings. The number of carbonyl (C=O) groups excluding carboxylic acids is 1. The first-order valence-electron chi connectivity index (χ1n) is 12.6. The van der Waals surface area contributed by atoms with Gasteiger partial charge in [0.2, 0.25) is 5.88 Å². The van der Waals surface area contributed by atoms with Crippen LogP contribution < -0.4 is 29.4 Å². The number of methoxy groups -OCH3 is 2. The molecular weight excluding hydrogens is 579 g/mol. The topological polar surface area (TPSA) is 113 Å². The van der Waals surface area contributed by atoms with E-state index in [1.54, 1.807) is 79.9 Å². The van der Waals surface area contributed by atoms with Crippen molar-refractivity contribution in [3.63, 3.8) is 0 Å². The van der Waals surface area contributed by atoms with Crippen molar-refractivity contribution in [2.75, 3.05) is 14.2 Å². The van der Waals surface area contributed by atoms with Crippen molar-refractivity contribution in [1.29, 1.82) is 5.26 Å². The van der Waals surface area contributed by atoms with Crippen LogP contribution in [0.15, 0.2) is 90.3 Å². The highest BCUT2D eigenvalue weighted by molar-refractivity contribution is 6.35. The summed E-state index contributed by atoms with van der Waals surface area (Å²) in [6, 6.07) is 24.2. The number of rotatable bonds is 8. The Morgan fingerprint density at radius 2 is 1.69 bits per heavy atom. The molecule has 8 nitrogen and oxygen atoms in total. The Bertz CT molecular complexity index is 1730. The number of fused-ring (bicyclic) bond motifs is 1. The molecule has 5 rings (SSSR count). The second-order valence-electron chi connectivity index (χ2n) is 9.18. The van der Waals surface area contributed by atoms with E-state index < -0.39 is 11.9 Å². The molecule has 0 bridgehead atoms. The van der Waals surface area contributed by atoms with Crippen LogP contribution in [0.25, 0.3) is 0 Å². The summed E-state index contributed by atoms with van der Waals surface area (Å²) in [6.07, 6.45) is 0. The van der Waals surface area contributed by atoms with Crippen LogP contribution in [0.5, 0.6) is 28.7 Å². The molecule has 0 aromatic heterocycles. The molecule has 0 amide bonds. The highest BCUT2D eigenvalue weighted by Gasteiger charge is 2.32. The third kappa shape index (κ3) is 5.93. The number of nitrogens with zero attached hydrogens (tertiary/aromatic N) is 1. The zero-order valence-electron chi connectivity index (χ0n) is 22.5. The summed E-state index contributed by atoms with van der Waals surface area (Å²) in [7, 11) is 3.07. The van der Waals surface area contributed by atoms with Crippen molar-refractivity contribution >= 4 is 29.2 Å². The lowest BCUT2D eigenvalue weighted by Crippen LogP contribution is -2.21. The minimum absolute atomic E-state index is 0.0506. The minimum Gasteiger partial charge on any atom is -0.497 e. The summed E-state index contributed by atoms with van der Waals surface area (Å²) in [5.41, 5.74) is 8.90. The number of nitrogens with two attached hydrogens (primary N) is 1. The van der Waals surface area contributed by atoms with Gasteiger partial charge < -0.3 is 29.4 Å². The average molecular weight is 603 g/mol. The number of hydrogen-bond acceptors (Lipinski definition) is 8. The molecule has 1 heterocycles. The monoisotopic (exact) mass is 602 g/mol. The first-order chi connectivity index (χ1) is 20.3. The van der Waals surface area contributed by atoms with E-state index in [0.717, 1.165) is 11.1 Å². The van der Waals surface area contributed by atoms with Crippen molar-refractivity contribution < 1.29 is 28.5 Å². The van der Waals surface area contributed by atoms with Crippen LogP contribution in [-0.4, -0.2) is 20.2 Å². The molecule has 0 spiro atoms. The van der Waals surface area contributed by atoms with Crippen LogP contribution in [0, 0.1) is 11.3 Å². The number of benzene rings is 4. The Balaban J connectivity index is 1.42. The minimum atomic E-state index is -0.571. The van der Waals surface area contributed by atoms with E-state index in [2.05, 4.69) is 6.07 Å². The van der Waals surface area contributed by atoms with Gasteiger partial charge in [0.05, 0.1) is 25.7 Å². The second-order valence-corrected chi connectivity index (χ2v) is 10.0.